The summed E-state index contributed by atoms with van der Waals surface area (Å²) in [7, 11) is 1.80. The topological polar surface area (TPSA) is 115 Å². The minimum absolute atomic E-state index is 0.104. The van der Waals surface area contributed by atoms with E-state index in [2.05, 4.69) is 20.8 Å². The third kappa shape index (κ3) is 6.58. The van der Waals surface area contributed by atoms with Gasteiger partial charge in [0, 0.05) is 11.9 Å². The van der Waals surface area contributed by atoms with Crippen molar-refractivity contribution in [3.05, 3.63) is 57.7 Å². The third-order valence-corrected chi connectivity index (χ3v) is 8.46. The molecule has 0 aliphatic heterocycles. The third-order valence-electron chi connectivity index (χ3n) is 6.12. The van der Waals surface area contributed by atoms with Crippen molar-refractivity contribution in [2.24, 2.45) is 7.05 Å². The lowest BCUT2D eigenvalue weighted by Gasteiger charge is -2.13. The van der Waals surface area contributed by atoms with Gasteiger partial charge in [-0.2, -0.15) is 0 Å². The van der Waals surface area contributed by atoms with E-state index in [1.54, 1.807) is 25.5 Å². The molecule has 11 heteroatoms. The van der Waals surface area contributed by atoms with Crippen molar-refractivity contribution in [1.29, 1.82) is 0 Å². The zero-order valence-corrected chi connectivity index (χ0v) is 22.8. The number of carbonyl (C=O) groups is 3. The van der Waals surface area contributed by atoms with Gasteiger partial charge in [0.1, 0.15) is 5.00 Å². The Labute approximate surface area is 224 Å². The van der Waals surface area contributed by atoms with Crippen LogP contribution in [0.2, 0.25) is 0 Å². The number of nitrogens with one attached hydrogen (secondary N) is 2. The molecule has 1 aliphatic rings. The highest BCUT2D eigenvalue weighted by Gasteiger charge is 2.28. The molecule has 0 saturated carbocycles. The minimum atomic E-state index is -0.488. The van der Waals surface area contributed by atoms with Gasteiger partial charge in [-0.3, -0.25) is 9.59 Å². The molecule has 0 bridgehead atoms. The number of nitrogens with zero attached hydrogens (tertiary/aromatic N) is 3. The number of amides is 2. The molecule has 2 amide bonds. The number of esters is 1. The summed E-state index contributed by atoms with van der Waals surface area (Å²) in [5, 5.41) is 14.8. The molecule has 9 nitrogen and oxygen atoms in total. The number of aryl methyl sites for hydroxylation is 1. The average molecular weight is 542 g/mol. The minimum Gasteiger partial charge on any atom is -0.462 e. The maximum absolute atomic E-state index is 13.1. The predicted octanol–water partition coefficient (Wildman–Crippen LogP) is 3.91. The first-order valence-electron chi connectivity index (χ1n) is 12.4. The highest BCUT2D eigenvalue weighted by atomic mass is 32.2. The Balaban J connectivity index is 1.37. The lowest BCUT2D eigenvalue weighted by Crippen LogP contribution is -2.26. The summed E-state index contributed by atoms with van der Waals surface area (Å²) in [5.41, 5.74) is 2.45. The molecule has 1 atom stereocenters. The predicted molar refractivity (Wildman–Crippen MR) is 144 cm³/mol. The summed E-state index contributed by atoms with van der Waals surface area (Å²) in [6, 6.07) is 9.52. The Kier molecular flexibility index (Phi) is 8.99. The Morgan fingerprint density at radius 1 is 1.16 bits per heavy atom. The van der Waals surface area contributed by atoms with Gasteiger partial charge in [0.25, 0.3) is 0 Å². The van der Waals surface area contributed by atoms with E-state index in [1.165, 1.54) is 23.1 Å². The molecule has 196 valence electrons. The van der Waals surface area contributed by atoms with Crippen molar-refractivity contribution >= 4 is 45.9 Å². The molecule has 1 aliphatic carbocycles. The van der Waals surface area contributed by atoms with Crippen LogP contribution in [-0.2, 0) is 47.2 Å². The van der Waals surface area contributed by atoms with Crippen LogP contribution in [0.15, 0.2) is 35.5 Å². The monoisotopic (exact) mass is 541 g/mol. The SMILES string of the molecule is CCOC(=O)c1c(NC(=O)[C@@H](C)Sc2nnc(CNC(=O)Cc3ccccc3)n2C)sc2c1CCCC2. The van der Waals surface area contributed by atoms with Gasteiger partial charge in [0.15, 0.2) is 11.0 Å². The largest absolute Gasteiger partial charge is 0.462 e. The van der Waals surface area contributed by atoms with Crippen molar-refractivity contribution in [2.75, 3.05) is 11.9 Å². The van der Waals surface area contributed by atoms with Gasteiger partial charge in [-0.25, -0.2) is 4.79 Å². The van der Waals surface area contributed by atoms with Crippen molar-refractivity contribution < 1.29 is 19.1 Å². The van der Waals surface area contributed by atoms with Gasteiger partial charge in [0.05, 0.1) is 30.4 Å². The number of hydrogen-bond acceptors (Lipinski definition) is 8. The van der Waals surface area contributed by atoms with Gasteiger partial charge in [-0.15, -0.1) is 21.5 Å². The van der Waals surface area contributed by atoms with E-state index in [9.17, 15) is 14.4 Å². The number of hydrogen-bond donors (Lipinski definition) is 2. The van der Waals surface area contributed by atoms with Crippen LogP contribution in [0, 0.1) is 0 Å². The smallest absolute Gasteiger partial charge is 0.341 e. The molecule has 0 radical (unpaired) electrons. The molecule has 4 rings (SSSR count). The van der Waals surface area contributed by atoms with E-state index in [0.717, 1.165) is 41.7 Å². The Morgan fingerprint density at radius 3 is 2.68 bits per heavy atom. The number of ether oxygens (including phenoxy) is 1. The van der Waals surface area contributed by atoms with Gasteiger partial charge >= 0.3 is 5.97 Å². The number of carbonyl (C=O) groups excluding carboxylic acids is 3. The number of fused-ring (bicyclic) bond motifs is 1. The number of rotatable bonds is 10. The van der Waals surface area contributed by atoms with Crippen LogP contribution < -0.4 is 10.6 Å². The van der Waals surface area contributed by atoms with E-state index in [1.807, 2.05) is 30.3 Å². The maximum atomic E-state index is 13.1. The molecule has 0 spiro atoms. The second kappa shape index (κ2) is 12.4. The van der Waals surface area contributed by atoms with E-state index < -0.39 is 5.25 Å². The summed E-state index contributed by atoms with van der Waals surface area (Å²) in [6.45, 7) is 4.08. The fourth-order valence-corrected chi connectivity index (χ4v) is 6.24. The molecule has 0 fully saturated rings. The van der Waals surface area contributed by atoms with Crippen LogP contribution in [0.1, 0.15) is 58.9 Å². The first-order chi connectivity index (χ1) is 17.9. The Morgan fingerprint density at radius 2 is 1.92 bits per heavy atom. The first-order valence-corrected chi connectivity index (χ1v) is 14.0. The highest BCUT2D eigenvalue weighted by molar-refractivity contribution is 8.00. The molecular formula is C26H31N5O4S2. The van der Waals surface area contributed by atoms with Crippen molar-refractivity contribution in [2.45, 2.75) is 62.9 Å². The van der Waals surface area contributed by atoms with E-state index in [-0.39, 0.29) is 37.4 Å². The number of anilines is 1. The second-order valence-electron chi connectivity index (χ2n) is 8.78. The molecule has 2 heterocycles. The van der Waals surface area contributed by atoms with Gasteiger partial charge < -0.3 is 19.9 Å². The van der Waals surface area contributed by atoms with Gasteiger partial charge in [-0.05, 0) is 50.7 Å². The first kappa shape index (κ1) is 26.9. The van der Waals surface area contributed by atoms with E-state index >= 15 is 0 Å². The van der Waals surface area contributed by atoms with Crippen molar-refractivity contribution in [3.8, 4) is 0 Å². The van der Waals surface area contributed by atoms with Crippen LogP contribution in [0.3, 0.4) is 0 Å². The Hall–Kier alpha value is -3.18. The van der Waals surface area contributed by atoms with E-state index in [4.69, 9.17) is 4.74 Å². The van der Waals surface area contributed by atoms with Crippen molar-refractivity contribution in [3.63, 3.8) is 0 Å². The molecule has 37 heavy (non-hydrogen) atoms. The summed E-state index contributed by atoms with van der Waals surface area (Å²) < 4.78 is 7.05. The average Bonchev–Trinajstić information content (AvgIpc) is 3.43. The summed E-state index contributed by atoms with van der Waals surface area (Å²) in [4.78, 5) is 39.2. The standard InChI is InChI=1S/C26H31N5O4S2/c1-4-35-25(34)22-18-12-8-9-13-19(18)37-24(22)28-23(33)16(2)36-26-30-29-20(31(26)3)15-27-21(32)14-17-10-6-5-7-11-17/h5-7,10-11,16H,4,8-9,12-15H2,1-3H3,(H,27,32)(H,28,33)/t16-/m1/s1. The lowest BCUT2D eigenvalue weighted by atomic mass is 9.95. The number of thioether (sulfide) groups is 1. The van der Waals surface area contributed by atoms with Crippen LogP contribution >= 0.6 is 23.1 Å². The molecular weight excluding hydrogens is 510 g/mol. The molecule has 2 N–H and O–H groups in total. The summed E-state index contributed by atoms with van der Waals surface area (Å²) in [5.74, 6) is -0.126. The van der Waals surface area contributed by atoms with E-state index in [0.29, 0.717) is 21.5 Å². The quantitative estimate of drug-likeness (QED) is 0.295. The van der Waals surface area contributed by atoms with Gasteiger partial charge in [-0.1, -0.05) is 42.1 Å². The molecule has 0 saturated heterocycles. The Bertz CT molecular complexity index is 1270. The highest BCUT2D eigenvalue weighted by Crippen LogP contribution is 2.39. The maximum Gasteiger partial charge on any atom is 0.341 e. The van der Waals surface area contributed by atoms with Crippen molar-refractivity contribution in [1.82, 2.24) is 20.1 Å². The molecule has 0 unspecified atom stereocenters. The number of benzene rings is 1. The molecule has 2 aromatic heterocycles. The second-order valence-corrected chi connectivity index (χ2v) is 11.2. The normalized spacial score (nSPS) is 13.5. The van der Waals surface area contributed by atoms with Crippen LogP contribution in [0.5, 0.6) is 0 Å². The van der Waals surface area contributed by atoms with Crippen LogP contribution in [0.25, 0.3) is 0 Å². The molecule has 3 aromatic rings. The van der Waals surface area contributed by atoms with Gasteiger partial charge in [0.2, 0.25) is 11.8 Å². The van der Waals surface area contributed by atoms with Crippen LogP contribution in [-0.4, -0.2) is 44.4 Å². The fourth-order valence-electron chi connectivity index (χ4n) is 4.12. The zero-order valence-electron chi connectivity index (χ0n) is 21.2. The lowest BCUT2D eigenvalue weighted by molar-refractivity contribution is -0.120. The zero-order chi connectivity index (χ0) is 26.4. The van der Waals surface area contributed by atoms with Crippen LogP contribution in [0.4, 0.5) is 5.00 Å². The summed E-state index contributed by atoms with van der Waals surface area (Å²) >= 11 is 2.74. The summed E-state index contributed by atoms with van der Waals surface area (Å²) in [6.07, 6.45) is 4.13. The number of thiophene rings is 1. The molecule has 1 aromatic carbocycles. The number of aromatic nitrogens is 3. The fraction of sp³-hybridized carbons (Fsp3) is 0.423.